The number of piperazine rings is 1. The third-order valence-electron chi connectivity index (χ3n) is 4.51. The van der Waals surface area contributed by atoms with Crippen LogP contribution in [0.2, 0.25) is 0 Å². The molecule has 0 spiro atoms. The highest BCUT2D eigenvalue weighted by Crippen LogP contribution is 2.21. The van der Waals surface area contributed by atoms with Crippen LogP contribution in [0.4, 0.5) is 0 Å². The summed E-state index contributed by atoms with van der Waals surface area (Å²) in [5.74, 6) is 0.825. The largest absolute Gasteiger partial charge is 0.481 e. The van der Waals surface area contributed by atoms with E-state index in [4.69, 9.17) is 4.74 Å². The molecule has 0 N–H and O–H groups in total. The minimum absolute atomic E-state index is 0.0777. The molecular formula is C19H24N2O2. The molecule has 4 nitrogen and oxygen atoms in total. The van der Waals surface area contributed by atoms with Crippen LogP contribution in [0.1, 0.15) is 13.8 Å². The fourth-order valence-electron chi connectivity index (χ4n) is 3.04. The van der Waals surface area contributed by atoms with Crippen LogP contribution in [-0.2, 0) is 4.79 Å². The maximum absolute atomic E-state index is 12.5. The number of fused-ring (bicyclic) bond motifs is 1. The normalized spacial score (nSPS) is 17.2. The Morgan fingerprint density at radius 1 is 1.09 bits per heavy atom. The second-order valence-electron chi connectivity index (χ2n) is 6.03. The number of nitrogens with zero attached hydrogens (tertiary/aromatic N) is 2. The van der Waals surface area contributed by atoms with Gasteiger partial charge in [-0.05, 0) is 36.4 Å². The summed E-state index contributed by atoms with van der Waals surface area (Å²) in [6, 6.07) is 14.1. The zero-order valence-corrected chi connectivity index (χ0v) is 13.9. The van der Waals surface area contributed by atoms with E-state index in [-0.39, 0.29) is 5.91 Å². The number of ether oxygens (including phenoxy) is 1. The molecule has 0 unspecified atom stereocenters. The molecular weight excluding hydrogens is 288 g/mol. The molecule has 0 aromatic heterocycles. The average Bonchev–Trinajstić information content (AvgIpc) is 2.61. The Balaban J connectivity index is 1.63. The van der Waals surface area contributed by atoms with Gasteiger partial charge in [0.15, 0.2) is 6.10 Å². The Morgan fingerprint density at radius 2 is 1.78 bits per heavy atom. The molecule has 1 amide bonds. The van der Waals surface area contributed by atoms with E-state index in [0.29, 0.717) is 0 Å². The molecule has 1 aliphatic heterocycles. The van der Waals surface area contributed by atoms with E-state index in [2.05, 4.69) is 24.0 Å². The lowest BCUT2D eigenvalue weighted by Gasteiger charge is -2.35. The SMILES string of the molecule is CCN1CCN(C(=O)[C@@H](C)Oc2ccc3ccccc3c2)CC1. The Hall–Kier alpha value is -2.07. The van der Waals surface area contributed by atoms with Crippen LogP contribution in [0, 0.1) is 0 Å². The summed E-state index contributed by atoms with van der Waals surface area (Å²) in [6.45, 7) is 8.52. The molecule has 122 valence electrons. The van der Waals surface area contributed by atoms with Crippen molar-refractivity contribution in [2.75, 3.05) is 32.7 Å². The van der Waals surface area contributed by atoms with E-state index in [1.165, 1.54) is 5.39 Å². The first-order valence-electron chi connectivity index (χ1n) is 8.34. The lowest BCUT2D eigenvalue weighted by atomic mass is 10.1. The number of carbonyl (C=O) groups excluding carboxylic acids is 1. The molecule has 23 heavy (non-hydrogen) atoms. The van der Waals surface area contributed by atoms with E-state index in [9.17, 15) is 4.79 Å². The minimum atomic E-state index is -0.454. The summed E-state index contributed by atoms with van der Waals surface area (Å²) in [7, 11) is 0. The highest BCUT2D eigenvalue weighted by molar-refractivity contribution is 5.84. The van der Waals surface area contributed by atoms with Gasteiger partial charge in [0, 0.05) is 26.2 Å². The van der Waals surface area contributed by atoms with Crippen LogP contribution in [0.5, 0.6) is 5.75 Å². The van der Waals surface area contributed by atoms with Gasteiger partial charge in [0.2, 0.25) is 0 Å². The number of hydrogen-bond donors (Lipinski definition) is 0. The topological polar surface area (TPSA) is 32.8 Å². The fraction of sp³-hybridized carbons (Fsp3) is 0.421. The Labute approximate surface area is 137 Å². The van der Waals surface area contributed by atoms with Gasteiger partial charge in [0.05, 0.1) is 0 Å². The van der Waals surface area contributed by atoms with Crippen LogP contribution in [-0.4, -0.2) is 54.5 Å². The molecule has 1 saturated heterocycles. The van der Waals surface area contributed by atoms with Gasteiger partial charge in [-0.1, -0.05) is 37.3 Å². The number of likely N-dealkylation sites (N-methyl/N-ethyl adjacent to an activating group) is 1. The maximum atomic E-state index is 12.5. The van der Waals surface area contributed by atoms with Crippen LogP contribution < -0.4 is 4.74 Å². The Morgan fingerprint density at radius 3 is 2.48 bits per heavy atom. The lowest BCUT2D eigenvalue weighted by Crippen LogP contribution is -2.51. The standard InChI is InChI=1S/C19H24N2O2/c1-3-20-10-12-21(13-11-20)19(22)15(2)23-18-9-8-16-6-4-5-7-17(16)14-18/h4-9,14-15H,3,10-13H2,1-2H3/t15-/m1/s1. The third-order valence-corrected chi connectivity index (χ3v) is 4.51. The summed E-state index contributed by atoms with van der Waals surface area (Å²) >= 11 is 0. The molecule has 1 atom stereocenters. The van der Waals surface area contributed by atoms with Crippen LogP contribution in [0.25, 0.3) is 10.8 Å². The second-order valence-corrected chi connectivity index (χ2v) is 6.03. The maximum Gasteiger partial charge on any atom is 0.263 e. The van der Waals surface area contributed by atoms with E-state index < -0.39 is 6.10 Å². The van der Waals surface area contributed by atoms with Gasteiger partial charge < -0.3 is 14.5 Å². The van der Waals surface area contributed by atoms with Crippen LogP contribution >= 0.6 is 0 Å². The Bertz CT molecular complexity index is 678. The zero-order valence-electron chi connectivity index (χ0n) is 13.9. The zero-order chi connectivity index (χ0) is 16.2. The van der Waals surface area contributed by atoms with Crippen LogP contribution in [0.15, 0.2) is 42.5 Å². The second kappa shape index (κ2) is 7.01. The summed E-state index contributed by atoms with van der Waals surface area (Å²) in [6.07, 6.45) is -0.454. The Kier molecular flexibility index (Phi) is 4.82. The van der Waals surface area contributed by atoms with Crippen molar-refractivity contribution in [1.29, 1.82) is 0 Å². The molecule has 2 aromatic rings. The smallest absolute Gasteiger partial charge is 0.263 e. The van der Waals surface area contributed by atoms with Crippen molar-refractivity contribution < 1.29 is 9.53 Å². The molecule has 4 heteroatoms. The first-order chi connectivity index (χ1) is 11.2. The molecule has 0 aliphatic carbocycles. The minimum Gasteiger partial charge on any atom is -0.481 e. The molecule has 0 saturated carbocycles. The predicted molar refractivity (Wildman–Crippen MR) is 92.7 cm³/mol. The first kappa shape index (κ1) is 15.8. The van der Waals surface area contributed by atoms with Crippen molar-refractivity contribution >= 4 is 16.7 Å². The molecule has 1 heterocycles. The summed E-state index contributed by atoms with van der Waals surface area (Å²) in [5.41, 5.74) is 0. The number of rotatable bonds is 4. The number of benzene rings is 2. The predicted octanol–water partition coefficient (Wildman–Crippen LogP) is 2.77. The highest BCUT2D eigenvalue weighted by atomic mass is 16.5. The van der Waals surface area contributed by atoms with Gasteiger partial charge >= 0.3 is 0 Å². The number of carbonyl (C=O) groups is 1. The van der Waals surface area contributed by atoms with Gasteiger partial charge in [0.25, 0.3) is 5.91 Å². The summed E-state index contributed by atoms with van der Waals surface area (Å²) in [4.78, 5) is 16.8. The van der Waals surface area contributed by atoms with Gasteiger partial charge in [-0.2, -0.15) is 0 Å². The van der Waals surface area contributed by atoms with Crippen molar-refractivity contribution in [3.05, 3.63) is 42.5 Å². The third kappa shape index (κ3) is 3.64. The van der Waals surface area contributed by atoms with Gasteiger partial charge in [0.1, 0.15) is 5.75 Å². The summed E-state index contributed by atoms with van der Waals surface area (Å²) in [5, 5.41) is 2.30. The van der Waals surface area contributed by atoms with Gasteiger partial charge in [-0.25, -0.2) is 0 Å². The number of amides is 1. The van der Waals surface area contributed by atoms with Crippen molar-refractivity contribution in [3.8, 4) is 5.75 Å². The van der Waals surface area contributed by atoms with Crippen molar-refractivity contribution in [2.24, 2.45) is 0 Å². The molecule has 2 aromatic carbocycles. The van der Waals surface area contributed by atoms with Gasteiger partial charge in [-0.15, -0.1) is 0 Å². The van der Waals surface area contributed by atoms with Gasteiger partial charge in [-0.3, -0.25) is 4.79 Å². The van der Waals surface area contributed by atoms with E-state index in [1.54, 1.807) is 0 Å². The molecule has 0 radical (unpaired) electrons. The summed E-state index contributed by atoms with van der Waals surface area (Å²) < 4.78 is 5.89. The average molecular weight is 312 g/mol. The van der Waals surface area contributed by atoms with Crippen molar-refractivity contribution in [1.82, 2.24) is 9.80 Å². The van der Waals surface area contributed by atoms with Crippen LogP contribution in [0.3, 0.4) is 0 Å². The fourth-order valence-corrected chi connectivity index (χ4v) is 3.04. The van der Waals surface area contributed by atoms with Crippen molar-refractivity contribution in [2.45, 2.75) is 20.0 Å². The molecule has 3 rings (SSSR count). The first-order valence-corrected chi connectivity index (χ1v) is 8.34. The molecule has 1 aliphatic rings. The number of hydrogen-bond acceptors (Lipinski definition) is 3. The van der Waals surface area contributed by atoms with E-state index in [1.807, 2.05) is 42.2 Å². The van der Waals surface area contributed by atoms with E-state index >= 15 is 0 Å². The van der Waals surface area contributed by atoms with Crippen molar-refractivity contribution in [3.63, 3.8) is 0 Å². The van der Waals surface area contributed by atoms with E-state index in [0.717, 1.165) is 43.9 Å². The highest BCUT2D eigenvalue weighted by Gasteiger charge is 2.25. The molecule has 0 bridgehead atoms. The lowest BCUT2D eigenvalue weighted by molar-refractivity contribution is -0.139. The quantitative estimate of drug-likeness (QED) is 0.870. The monoisotopic (exact) mass is 312 g/mol. The molecule has 1 fully saturated rings.